The van der Waals surface area contributed by atoms with Gasteiger partial charge in [0.1, 0.15) is 5.75 Å². The second-order valence-electron chi connectivity index (χ2n) is 3.97. The van der Waals surface area contributed by atoms with Gasteiger partial charge in [0, 0.05) is 18.9 Å². The fourth-order valence-corrected chi connectivity index (χ4v) is 1.84. The largest absolute Gasteiger partial charge is 0.573 e. The van der Waals surface area contributed by atoms with Crippen molar-refractivity contribution < 1.29 is 17.9 Å². The molecule has 1 heterocycles. The summed E-state index contributed by atoms with van der Waals surface area (Å²) < 4.78 is 41.4. The zero-order valence-corrected chi connectivity index (χ0v) is 11.2. The third kappa shape index (κ3) is 4.10. The van der Waals surface area contributed by atoms with E-state index in [0.717, 1.165) is 12.1 Å². The van der Waals surface area contributed by atoms with Crippen LogP contribution >= 0.6 is 11.6 Å². The summed E-state index contributed by atoms with van der Waals surface area (Å²) in [5, 5.41) is 16.2. The smallest absolute Gasteiger partial charge is 0.406 e. The van der Waals surface area contributed by atoms with Gasteiger partial charge in [-0.15, -0.1) is 18.3 Å². The van der Waals surface area contributed by atoms with Gasteiger partial charge in [0.15, 0.2) is 0 Å². The number of halogens is 4. The van der Waals surface area contributed by atoms with Crippen molar-refractivity contribution in [2.24, 2.45) is 0 Å². The van der Waals surface area contributed by atoms with Crippen LogP contribution in [0.5, 0.6) is 5.75 Å². The molecule has 5 nitrogen and oxygen atoms in total. The maximum Gasteiger partial charge on any atom is 0.573 e. The summed E-state index contributed by atoms with van der Waals surface area (Å²) in [4.78, 5) is 0. The molecule has 0 aliphatic carbocycles. The van der Waals surface area contributed by atoms with Crippen molar-refractivity contribution in [2.75, 3.05) is 0 Å². The van der Waals surface area contributed by atoms with E-state index < -0.39 is 12.1 Å². The first-order valence-electron chi connectivity index (χ1n) is 5.73. The SMILES string of the molecule is N#CCCc1cn(-c2ccc(OC(F)(F)F)cc2Cl)nn1. The van der Waals surface area contributed by atoms with Crippen molar-refractivity contribution in [1.29, 1.82) is 5.26 Å². The Morgan fingerprint density at radius 1 is 1.38 bits per heavy atom. The van der Waals surface area contributed by atoms with Gasteiger partial charge < -0.3 is 4.74 Å². The highest BCUT2D eigenvalue weighted by Gasteiger charge is 2.31. The first-order chi connectivity index (χ1) is 9.89. The maximum atomic E-state index is 12.1. The number of aromatic nitrogens is 3. The standard InChI is InChI=1S/C12H8ClF3N4O/c13-10-6-9(21-12(14,15)16)3-4-11(10)20-7-8(18-19-20)2-1-5-17/h3-4,6-7H,1-2H2. The second kappa shape index (κ2) is 6.01. The van der Waals surface area contributed by atoms with E-state index in [1.54, 1.807) is 6.20 Å². The fraction of sp³-hybridized carbons (Fsp3) is 0.250. The van der Waals surface area contributed by atoms with Crippen molar-refractivity contribution in [3.8, 4) is 17.5 Å². The third-order valence-corrected chi connectivity index (χ3v) is 2.74. The first kappa shape index (κ1) is 15.1. The number of benzene rings is 1. The first-order valence-corrected chi connectivity index (χ1v) is 6.10. The van der Waals surface area contributed by atoms with E-state index >= 15 is 0 Å². The Kier molecular flexibility index (Phi) is 4.33. The maximum absolute atomic E-state index is 12.1. The Balaban J connectivity index is 2.21. The Hall–Kier alpha value is -2.27. The predicted octanol–water partition coefficient (Wildman–Crippen LogP) is 3.28. The molecule has 1 aromatic heterocycles. The summed E-state index contributed by atoms with van der Waals surface area (Å²) in [5.41, 5.74) is 0.949. The average Bonchev–Trinajstić information content (AvgIpc) is 2.83. The molecule has 0 radical (unpaired) electrons. The molecule has 0 amide bonds. The number of hydrogen-bond acceptors (Lipinski definition) is 4. The second-order valence-corrected chi connectivity index (χ2v) is 4.38. The molecule has 0 saturated carbocycles. The van der Waals surface area contributed by atoms with E-state index in [9.17, 15) is 13.2 Å². The van der Waals surface area contributed by atoms with E-state index in [-0.39, 0.29) is 5.02 Å². The molecule has 0 bridgehead atoms. The number of alkyl halides is 3. The lowest BCUT2D eigenvalue weighted by molar-refractivity contribution is -0.274. The molecule has 110 valence electrons. The van der Waals surface area contributed by atoms with Gasteiger partial charge in [-0.25, -0.2) is 4.68 Å². The lowest BCUT2D eigenvalue weighted by Crippen LogP contribution is -2.17. The summed E-state index contributed by atoms with van der Waals surface area (Å²) in [6, 6.07) is 5.49. The number of aryl methyl sites for hydroxylation is 1. The minimum atomic E-state index is -4.78. The van der Waals surface area contributed by atoms with Gasteiger partial charge in [0.2, 0.25) is 0 Å². The molecule has 0 saturated heterocycles. The molecule has 0 aliphatic rings. The normalized spacial score (nSPS) is 11.2. The monoisotopic (exact) mass is 316 g/mol. The molecule has 0 atom stereocenters. The highest BCUT2D eigenvalue weighted by molar-refractivity contribution is 6.32. The van der Waals surface area contributed by atoms with Crippen LogP contribution < -0.4 is 4.74 Å². The Morgan fingerprint density at radius 2 is 2.14 bits per heavy atom. The van der Waals surface area contributed by atoms with Crippen molar-refractivity contribution in [1.82, 2.24) is 15.0 Å². The zero-order valence-electron chi connectivity index (χ0n) is 10.4. The molecule has 0 N–H and O–H groups in total. The topological polar surface area (TPSA) is 63.7 Å². The van der Waals surface area contributed by atoms with E-state index in [1.165, 1.54) is 10.7 Å². The molecule has 2 aromatic rings. The highest BCUT2D eigenvalue weighted by atomic mass is 35.5. The van der Waals surface area contributed by atoms with Crippen LogP contribution in [-0.2, 0) is 6.42 Å². The molecule has 21 heavy (non-hydrogen) atoms. The fourth-order valence-electron chi connectivity index (χ4n) is 1.59. The summed E-state index contributed by atoms with van der Waals surface area (Å²) in [6.07, 6.45) is -2.49. The van der Waals surface area contributed by atoms with Crippen LogP contribution in [0.2, 0.25) is 5.02 Å². The number of nitriles is 1. The molecular weight excluding hydrogens is 309 g/mol. The lowest BCUT2D eigenvalue weighted by atomic mass is 10.2. The van der Waals surface area contributed by atoms with Crippen LogP contribution in [-0.4, -0.2) is 21.4 Å². The summed E-state index contributed by atoms with van der Waals surface area (Å²) >= 11 is 5.92. The molecule has 9 heteroatoms. The van der Waals surface area contributed by atoms with E-state index in [1.807, 2.05) is 6.07 Å². The quantitative estimate of drug-likeness (QED) is 0.868. The Labute approximate surface area is 122 Å². The van der Waals surface area contributed by atoms with Gasteiger partial charge in [0.25, 0.3) is 0 Å². The van der Waals surface area contributed by atoms with Crippen LogP contribution in [0.15, 0.2) is 24.4 Å². The minimum absolute atomic E-state index is 0.0356. The van der Waals surface area contributed by atoms with E-state index in [4.69, 9.17) is 16.9 Å². The van der Waals surface area contributed by atoms with Gasteiger partial charge in [-0.05, 0) is 12.1 Å². The van der Waals surface area contributed by atoms with Gasteiger partial charge >= 0.3 is 6.36 Å². The summed E-state index contributed by atoms with van der Waals surface area (Å²) in [5.74, 6) is -0.416. The third-order valence-electron chi connectivity index (χ3n) is 2.43. The van der Waals surface area contributed by atoms with Crippen molar-refractivity contribution in [2.45, 2.75) is 19.2 Å². The Bertz CT molecular complexity index is 678. The van der Waals surface area contributed by atoms with Crippen LogP contribution in [0.4, 0.5) is 13.2 Å². The van der Waals surface area contributed by atoms with E-state index in [0.29, 0.717) is 24.2 Å². The Morgan fingerprint density at radius 3 is 2.76 bits per heavy atom. The van der Waals surface area contributed by atoms with Crippen molar-refractivity contribution in [3.05, 3.63) is 35.1 Å². The molecule has 0 aliphatic heterocycles. The molecule has 0 unspecified atom stereocenters. The van der Waals surface area contributed by atoms with Crippen molar-refractivity contribution >= 4 is 11.6 Å². The molecular formula is C12H8ClF3N4O. The summed E-state index contributed by atoms with van der Waals surface area (Å²) in [6.45, 7) is 0. The van der Waals surface area contributed by atoms with Crippen LogP contribution in [0.25, 0.3) is 5.69 Å². The van der Waals surface area contributed by atoms with Gasteiger partial charge in [0.05, 0.1) is 28.7 Å². The predicted molar refractivity (Wildman–Crippen MR) is 67.0 cm³/mol. The number of nitrogens with zero attached hydrogens (tertiary/aromatic N) is 4. The molecule has 0 fully saturated rings. The summed E-state index contributed by atoms with van der Waals surface area (Å²) in [7, 11) is 0. The number of ether oxygens (including phenoxy) is 1. The van der Waals surface area contributed by atoms with Crippen LogP contribution in [0.3, 0.4) is 0 Å². The zero-order chi connectivity index (χ0) is 15.5. The van der Waals surface area contributed by atoms with Gasteiger partial charge in [-0.2, -0.15) is 5.26 Å². The molecule has 0 spiro atoms. The minimum Gasteiger partial charge on any atom is -0.406 e. The van der Waals surface area contributed by atoms with Crippen molar-refractivity contribution in [3.63, 3.8) is 0 Å². The molecule has 1 aromatic carbocycles. The molecule has 2 rings (SSSR count). The average molecular weight is 317 g/mol. The van der Waals surface area contributed by atoms with E-state index in [2.05, 4.69) is 15.0 Å². The van der Waals surface area contributed by atoms with Crippen LogP contribution in [0.1, 0.15) is 12.1 Å². The number of rotatable bonds is 4. The number of hydrogen-bond donors (Lipinski definition) is 0. The highest BCUT2D eigenvalue weighted by Crippen LogP contribution is 2.29. The van der Waals surface area contributed by atoms with Gasteiger partial charge in [-0.3, -0.25) is 0 Å². The van der Waals surface area contributed by atoms with Gasteiger partial charge in [-0.1, -0.05) is 16.8 Å². The van der Waals surface area contributed by atoms with Crippen LogP contribution in [0, 0.1) is 11.3 Å². The lowest BCUT2D eigenvalue weighted by Gasteiger charge is -2.10.